The minimum Gasteiger partial charge on any atom is -0.496 e. The van der Waals surface area contributed by atoms with Gasteiger partial charge in [0.25, 0.3) is 5.91 Å². The first-order valence-electron chi connectivity index (χ1n) is 9.54. The Morgan fingerprint density at radius 2 is 1.81 bits per heavy atom. The zero-order chi connectivity index (χ0) is 22.5. The molecule has 0 fully saturated rings. The van der Waals surface area contributed by atoms with Crippen molar-refractivity contribution < 1.29 is 14.3 Å². The van der Waals surface area contributed by atoms with Crippen LogP contribution in [0.2, 0.25) is 0 Å². The second-order valence-corrected chi connectivity index (χ2v) is 8.10. The largest absolute Gasteiger partial charge is 0.496 e. The number of carbonyl (C=O) groups excluding carboxylic acids is 2. The van der Waals surface area contributed by atoms with Crippen LogP contribution in [0.25, 0.3) is 5.69 Å². The number of aryl methyl sites for hydroxylation is 1. The molecule has 0 radical (unpaired) electrons. The lowest BCUT2D eigenvalue weighted by molar-refractivity contribution is -0.114. The third-order valence-corrected chi connectivity index (χ3v) is 5.59. The monoisotopic (exact) mass is 530 g/mol. The van der Waals surface area contributed by atoms with Gasteiger partial charge in [-0.15, -0.1) is 0 Å². The molecule has 3 aromatic rings. The molecule has 2 N–H and O–H groups in total. The van der Waals surface area contributed by atoms with Crippen LogP contribution in [0.4, 0.5) is 5.69 Å². The third kappa shape index (κ3) is 5.32. The van der Waals surface area contributed by atoms with Gasteiger partial charge in [-0.05, 0) is 85.0 Å². The molecule has 31 heavy (non-hydrogen) atoms. The fourth-order valence-corrected chi connectivity index (χ4v) is 3.79. The van der Waals surface area contributed by atoms with Gasteiger partial charge in [0.15, 0.2) is 0 Å². The summed E-state index contributed by atoms with van der Waals surface area (Å²) in [5.41, 5.74) is 7.66. The van der Waals surface area contributed by atoms with Crippen molar-refractivity contribution in [3.63, 3.8) is 0 Å². The summed E-state index contributed by atoms with van der Waals surface area (Å²) in [5.74, 6) is 0.226. The van der Waals surface area contributed by atoms with E-state index in [9.17, 15) is 9.59 Å². The van der Waals surface area contributed by atoms with Gasteiger partial charge < -0.3 is 14.6 Å². The number of aromatic nitrogens is 1. The van der Waals surface area contributed by atoms with Crippen molar-refractivity contribution in [2.45, 2.75) is 20.8 Å². The molecule has 1 heterocycles. The number of methoxy groups -OCH3 is 1. The first-order valence-corrected chi connectivity index (χ1v) is 10.6. The first-order chi connectivity index (χ1) is 14.8. The maximum Gasteiger partial charge on any atom is 0.271 e. The molecular formula is C23H23IN4O3. The smallest absolute Gasteiger partial charge is 0.271 e. The average molecular weight is 530 g/mol. The number of amides is 2. The first kappa shape index (κ1) is 22.5. The molecule has 0 unspecified atom stereocenters. The quantitative estimate of drug-likeness (QED) is 0.281. The van der Waals surface area contributed by atoms with Crippen LogP contribution < -0.4 is 15.5 Å². The van der Waals surface area contributed by atoms with E-state index in [-0.39, 0.29) is 11.8 Å². The Morgan fingerprint density at radius 1 is 1.10 bits per heavy atom. The highest BCUT2D eigenvalue weighted by atomic mass is 127. The molecule has 0 bridgehead atoms. The van der Waals surface area contributed by atoms with Gasteiger partial charge in [-0.3, -0.25) is 9.59 Å². The summed E-state index contributed by atoms with van der Waals surface area (Å²) in [6, 6.07) is 14.8. The maximum absolute atomic E-state index is 12.4. The molecule has 1 aromatic heterocycles. The second kappa shape index (κ2) is 9.78. The molecule has 0 saturated heterocycles. The number of carbonyl (C=O) groups is 2. The highest BCUT2D eigenvalue weighted by Crippen LogP contribution is 2.23. The Hall–Kier alpha value is -3.14. The number of nitrogens with zero attached hydrogens (tertiary/aromatic N) is 2. The van der Waals surface area contributed by atoms with Crippen molar-refractivity contribution >= 4 is 46.3 Å². The average Bonchev–Trinajstić information content (AvgIpc) is 3.01. The van der Waals surface area contributed by atoms with Gasteiger partial charge in [-0.25, -0.2) is 5.43 Å². The van der Waals surface area contributed by atoms with Crippen molar-refractivity contribution in [3.05, 3.63) is 74.6 Å². The van der Waals surface area contributed by atoms with Gasteiger partial charge in [-0.2, -0.15) is 5.10 Å². The summed E-state index contributed by atoms with van der Waals surface area (Å²) in [7, 11) is 1.57. The van der Waals surface area contributed by atoms with E-state index in [0.29, 0.717) is 11.3 Å². The van der Waals surface area contributed by atoms with E-state index in [1.165, 1.54) is 6.92 Å². The van der Waals surface area contributed by atoms with Crippen LogP contribution in [0.15, 0.2) is 53.6 Å². The van der Waals surface area contributed by atoms with E-state index in [1.54, 1.807) is 25.5 Å². The van der Waals surface area contributed by atoms with Crippen LogP contribution in [-0.2, 0) is 4.79 Å². The topological polar surface area (TPSA) is 84.7 Å². The van der Waals surface area contributed by atoms with Crippen molar-refractivity contribution in [3.8, 4) is 11.4 Å². The fraction of sp³-hybridized carbons (Fsp3) is 0.174. The van der Waals surface area contributed by atoms with Crippen LogP contribution >= 0.6 is 22.6 Å². The molecule has 0 aliphatic heterocycles. The van der Waals surface area contributed by atoms with E-state index in [4.69, 9.17) is 4.74 Å². The van der Waals surface area contributed by atoms with Gasteiger partial charge in [0.2, 0.25) is 5.91 Å². The summed E-state index contributed by atoms with van der Waals surface area (Å²) in [4.78, 5) is 23.6. The fourth-order valence-electron chi connectivity index (χ4n) is 3.24. The standard InChI is InChI=1S/C23H23IN4O3/c1-14-11-18(13-25-27-23(30)17-5-10-21(24)22(12-17)31-4)15(2)28(14)20-8-6-19(7-9-20)26-16(3)29/h5-13H,1-4H3,(H,26,29)(H,27,30). The molecule has 2 amide bonds. The Labute approximate surface area is 194 Å². The number of benzene rings is 2. The molecule has 0 saturated carbocycles. The predicted octanol–water partition coefficient (Wildman–Crippen LogP) is 4.43. The highest BCUT2D eigenvalue weighted by molar-refractivity contribution is 14.1. The molecule has 160 valence electrons. The molecule has 0 atom stereocenters. The van der Waals surface area contributed by atoms with Gasteiger partial charge in [0.05, 0.1) is 16.9 Å². The molecule has 7 nitrogen and oxygen atoms in total. The van der Waals surface area contributed by atoms with Gasteiger partial charge in [-0.1, -0.05) is 0 Å². The third-order valence-electron chi connectivity index (χ3n) is 4.70. The minimum atomic E-state index is -0.312. The van der Waals surface area contributed by atoms with Crippen LogP contribution in [0.3, 0.4) is 0 Å². The van der Waals surface area contributed by atoms with Crippen molar-refractivity contribution in [2.24, 2.45) is 5.10 Å². The summed E-state index contributed by atoms with van der Waals surface area (Å²) in [6.45, 7) is 5.47. The van der Waals surface area contributed by atoms with E-state index < -0.39 is 0 Å². The van der Waals surface area contributed by atoms with Gasteiger partial charge in [0, 0.05) is 40.8 Å². The number of hydrazone groups is 1. The SMILES string of the molecule is COc1cc(C(=O)NN=Cc2cc(C)n(-c3ccc(NC(C)=O)cc3)c2C)ccc1I. The number of hydrogen-bond acceptors (Lipinski definition) is 4. The number of halogens is 1. The summed E-state index contributed by atoms with van der Waals surface area (Å²) in [6.07, 6.45) is 1.63. The molecule has 0 aliphatic rings. The normalized spacial score (nSPS) is 10.9. The predicted molar refractivity (Wildman–Crippen MR) is 130 cm³/mol. The van der Waals surface area contributed by atoms with Crippen LogP contribution in [0.5, 0.6) is 5.75 Å². The van der Waals surface area contributed by atoms with Crippen molar-refractivity contribution in [1.29, 1.82) is 0 Å². The summed E-state index contributed by atoms with van der Waals surface area (Å²) < 4.78 is 8.28. The van der Waals surface area contributed by atoms with E-state index in [0.717, 1.165) is 31.9 Å². The zero-order valence-electron chi connectivity index (χ0n) is 17.7. The Morgan fingerprint density at radius 3 is 2.45 bits per heavy atom. The Kier molecular flexibility index (Phi) is 7.11. The summed E-state index contributed by atoms with van der Waals surface area (Å²) >= 11 is 2.15. The lowest BCUT2D eigenvalue weighted by Gasteiger charge is -2.11. The van der Waals surface area contributed by atoms with Crippen LogP contribution in [0.1, 0.15) is 34.2 Å². The number of hydrogen-bond donors (Lipinski definition) is 2. The van der Waals surface area contributed by atoms with Crippen LogP contribution in [0, 0.1) is 17.4 Å². The number of ether oxygens (including phenoxy) is 1. The van der Waals surface area contributed by atoms with E-state index >= 15 is 0 Å². The van der Waals surface area contributed by atoms with Crippen molar-refractivity contribution in [2.75, 3.05) is 12.4 Å². The molecule has 2 aromatic carbocycles. The Balaban J connectivity index is 1.75. The number of nitrogens with one attached hydrogen (secondary N) is 2. The van der Waals surface area contributed by atoms with Gasteiger partial charge in [0.1, 0.15) is 5.75 Å². The minimum absolute atomic E-state index is 0.106. The Bertz CT molecular complexity index is 1150. The molecule has 3 rings (SSSR count). The molecule has 0 aliphatic carbocycles. The molecular weight excluding hydrogens is 507 g/mol. The van der Waals surface area contributed by atoms with E-state index in [1.807, 2.05) is 50.2 Å². The lowest BCUT2D eigenvalue weighted by Crippen LogP contribution is -2.17. The maximum atomic E-state index is 12.4. The zero-order valence-corrected chi connectivity index (χ0v) is 19.9. The number of rotatable bonds is 6. The highest BCUT2D eigenvalue weighted by Gasteiger charge is 2.11. The lowest BCUT2D eigenvalue weighted by atomic mass is 10.2. The van der Waals surface area contributed by atoms with Crippen molar-refractivity contribution in [1.82, 2.24) is 9.99 Å². The second-order valence-electron chi connectivity index (χ2n) is 6.94. The summed E-state index contributed by atoms with van der Waals surface area (Å²) in [5, 5.41) is 6.89. The molecule has 0 spiro atoms. The molecule has 8 heteroatoms. The van der Waals surface area contributed by atoms with Gasteiger partial charge >= 0.3 is 0 Å². The van der Waals surface area contributed by atoms with Crippen LogP contribution in [-0.4, -0.2) is 29.7 Å². The van der Waals surface area contributed by atoms with E-state index in [2.05, 4.69) is 43.0 Å². The number of anilines is 1.